The first-order chi connectivity index (χ1) is 22.0. The Hall–Kier alpha value is -3.46. The van der Waals surface area contributed by atoms with Crippen molar-refractivity contribution >= 4 is 23.0 Å². The van der Waals surface area contributed by atoms with Crippen molar-refractivity contribution in [1.82, 2.24) is 24.7 Å². The Bertz CT molecular complexity index is 1540. The first-order valence-corrected chi connectivity index (χ1v) is 17.2. The minimum Gasteiger partial charge on any atom is -0.444 e. The molecule has 6 rings (SSSR count). The average molecular weight is 632 g/mol. The van der Waals surface area contributed by atoms with Gasteiger partial charge in [0.15, 0.2) is 0 Å². The Morgan fingerprint density at radius 3 is 2.39 bits per heavy atom. The maximum Gasteiger partial charge on any atom is 0.408 e. The molecule has 0 saturated carbocycles. The number of nitrogens with one attached hydrogen (secondary N) is 1. The number of piperidine rings is 2. The van der Waals surface area contributed by atoms with Gasteiger partial charge in [0.25, 0.3) is 0 Å². The highest BCUT2D eigenvalue weighted by Crippen LogP contribution is 2.45. The van der Waals surface area contributed by atoms with Crippen LogP contribution in [0.4, 0.5) is 9.18 Å². The van der Waals surface area contributed by atoms with Gasteiger partial charge in [0.05, 0.1) is 11.0 Å². The third-order valence-electron chi connectivity index (χ3n) is 10.7. The number of imidazole rings is 1. The molecule has 0 unspecified atom stereocenters. The fraction of sp³-hybridized carbons (Fsp3) is 0.595. The topological polar surface area (TPSA) is 79.7 Å². The maximum atomic E-state index is 14.6. The molecule has 248 valence electrons. The minimum atomic E-state index is -0.636. The van der Waals surface area contributed by atoms with Gasteiger partial charge in [-0.25, -0.2) is 14.2 Å². The van der Waals surface area contributed by atoms with Crippen LogP contribution in [0.2, 0.25) is 0 Å². The van der Waals surface area contributed by atoms with Crippen LogP contribution in [0, 0.1) is 12.7 Å². The zero-order valence-electron chi connectivity index (χ0n) is 28.1. The van der Waals surface area contributed by atoms with Crippen molar-refractivity contribution in [3.63, 3.8) is 0 Å². The predicted octanol–water partition coefficient (Wildman–Crippen LogP) is 6.91. The van der Waals surface area contributed by atoms with Crippen molar-refractivity contribution < 1.29 is 18.7 Å². The second kappa shape index (κ2) is 13.0. The molecule has 8 nitrogen and oxygen atoms in total. The van der Waals surface area contributed by atoms with Crippen molar-refractivity contribution in [2.24, 2.45) is 0 Å². The molecular formula is C37H50FN5O3. The summed E-state index contributed by atoms with van der Waals surface area (Å²) in [4.78, 5) is 35.4. The number of aryl methyl sites for hydroxylation is 1. The molecule has 0 aliphatic carbocycles. The van der Waals surface area contributed by atoms with Gasteiger partial charge in [-0.3, -0.25) is 9.69 Å². The summed E-state index contributed by atoms with van der Waals surface area (Å²) in [5, 5.41) is 2.78. The first-order valence-electron chi connectivity index (χ1n) is 17.2. The molecule has 2 aromatic carbocycles. The molecule has 9 heteroatoms. The van der Waals surface area contributed by atoms with Crippen molar-refractivity contribution in [2.45, 2.75) is 121 Å². The van der Waals surface area contributed by atoms with Crippen LogP contribution in [0.25, 0.3) is 11.0 Å². The molecular weight excluding hydrogens is 581 g/mol. The molecule has 3 aliphatic heterocycles. The van der Waals surface area contributed by atoms with E-state index in [1.807, 2.05) is 38.7 Å². The number of likely N-dealkylation sites (tertiary alicyclic amines) is 1. The first kappa shape index (κ1) is 32.5. The zero-order valence-corrected chi connectivity index (χ0v) is 28.1. The van der Waals surface area contributed by atoms with Gasteiger partial charge < -0.3 is 19.5 Å². The Balaban J connectivity index is 1.14. The van der Waals surface area contributed by atoms with Crippen LogP contribution < -0.4 is 5.32 Å². The molecule has 3 aliphatic rings. The van der Waals surface area contributed by atoms with E-state index in [9.17, 15) is 14.0 Å². The summed E-state index contributed by atoms with van der Waals surface area (Å²) in [7, 11) is 0. The summed E-state index contributed by atoms with van der Waals surface area (Å²) in [5.41, 5.74) is 2.48. The molecule has 4 atom stereocenters. The number of rotatable bonds is 8. The number of carbonyl (C=O) groups is 2. The van der Waals surface area contributed by atoms with E-state index >= 15 is 0 Å². The number of hydrogen-bond acceptors (Lipinski definition) is 5. The Kier molecular flexibility index (Phi) is 9.16. The SMILES string of the molecule is CC[C@H](NC(=O)OC(C)(C)C)C(=O)N1CCC(CCN2[C@@H]3CC[C@H]2C[C@@H](n2c(C)nc4ccccc42)C3)(c2cccc(F)c2)CC1. The molecule has 2 bridgehead atoms. The predicted molar refractivity (Wildman–Crippen MR) is 178 cm³/mol. The number of hydrogen-bond donors (Lipinski definition) is 1. The van der Waals surface area contributed by atoms with Gasteiger partial charge in [-0.15, -0.1) is 0 Å². The third-order valence-corrected chi connectivity index (χ3v) is 10.7. The summed E-state index contributed by atoms with van der Waals surface area (Å²) >= 11 is 0. The summed E-state index contributed by atoms with van der Waals surface area (Å²) in [6, 6.07) is 16.4. The van der Waals surface area contributed by atoms with E-state index in [1.54, 1.807) is 6.07 Å². The van der Waals surface area contributed by atoms with Crippen LogP contribution in [-0.4, -0.2) is 74.7 Å². The van der Waals surface area contributed by atoms with Gasteiger partial charge in [0.1, 0.15) is 23.3 Å². The number of aromatic nitrogens is 2. The molecule has 3 fully saturated rings. The molecule has 1 aromatic heterocycles. The molecule has 3 saturated heterocycles. The Morgan fingerprint density at radius 2 is 1.74 bits per heavy atom. The lowest BCUT2D eigenvalue weighted by atomic mass is 9.70. The summed E-state index contributed by atoms with van der Waals surface area (Å²) in [5.74, 6) is 0.799. The number of para-hydroxylation sites is 2. The molecule has 1 N–H and O–H groups in total. The largest absolute Gasteiger partial charge is 0.444 e. The van der Waals surface area contributed by atoms with E-state index in [0.29, 0.717) is 37.6 Å². The lowest BCUT2D eigenvalue weighted by Gasteiger charge is -2.46. The maximum absolute atomic E-state index is 14.6. The lowest BCUT2D eigenvalue weighted by Crippen LogP contribution is -2.54. The van der Waals surface area contributed by atoms with Gasteiger partial charge in [-0.1, -0.05) is 31.2 Å². The molecule has 4 heterocycles. The molecule has 0 radical (unpaired) electrons. The number of nitrogens with zero attached hydrogens (tertiary/aromatic N) is 4. The van der Waals surface area contributed by atoms with E-state index in [2.05, 4.69) is 52.0 Å². The van der Waals surface area contributed by atoms with E-state index in [-0.39, 0.29) is 17.1 Å². The van der Waals surface area contributed by atoms with Gasteiger partial charge >= 0.3 is 6.09 Å². The Morgan fingerprint density at radius 1 is 1.04 bits per heavy atom. The molecule has 46 heavy (non-hydrogen) atoms. The normalized spacial score (nSPS) is 23.8. The van der Waals surface area contributed by atoms with Gasteiger partial charge in [-0.05, 0) is 121 Å². The van der Waals surface area contributed by atoms with Crippen LogP contribution >= 0.6 is 0 Å². The van der Waals surface area contributed by atoms with E-state index in [1.165, 1.54) is 24.4 Å². The van der Waals surface area contributed by atoms with Crippen LogP contribution in [-0.2, 0) is 14.9 Å². The quantitative estimate of drug-likeness (QED) is 0.293. The standard InChI is InChI=1S/C37H50FN5O3/c1-6-31(40-35(45)46-36(3,4)5)34(44)41-19-16-37(17-20-41,26-10-9-11-27(38)22-26)18-21-42-28-14-15-29(42)24-30(23-28)43-25(2)39-32-12-7-8-13-33(32)43/h7-13,22,28-31H,6,14-21,23-24H2,1-5H3,(H,40,45)/t28-,29+,30+,31-/m0/s1. The van der Waals surface area contributed by atoms with Crippen molar-refractivity contribution in [2.75, 3.05) is 19.6 Å². The number of halogens is 1. The number of amides is 2. The number of ether oxygens (including phenoxy) is 1. The van der Waals surface area contributed by atoms with Gasteiger partial charge in [0.2, 0.25) is 5.91 Å². The second-order valence-electron chi connectivity index (χ2n) is 14.7. The highest BCUT2D eigenvalue weighted by molar-refractivity contribution is 5.85. The number of fused-ring (bicyclic) bond motifs is 3. The fourth-order valence-electron chi connectivity index (χ4n) is 8.46. The highest BCUT2D eigenvalue weighted by Gasteiger charge is 2.44. The van der Waals surface area contributed by atoms with E-state index in [0.717, 1.165) is 55.6 Å². The van der Waals surface area contributed by atoms with Crippen LogP contribution in [0.5, 0.6) is 0 Å². The van der Waals surface area contributed by atoms with Crippen molar-refractivity contribution in [1.29, 1.82) is 0 Å². The average Bonchev–Trinajstić information content (AvgIpc) is 3.48. The van der Waals surface area contributed by atoms with Crippen molar-refractivity contribution in [3.05, 3.63) is 65.7 Å². The van der Waals surface area contributed by atoms with Crippen molar-refractivity contribution in [3.8, 4) is 0 Å². The van der Waals surface area contributed by atoms with Gasteiger partial charge in [-0.2, -0.15) is 0 Å². The van der Waals surface area contributed by atoms with Crippen LogP contribution in [0.3, 0.4) is 0 Å². The monoisotopic (exact) mass is 631 g/mol. The van der Waals surface area contributed by atoms with E-state index in [4.69, 9.17) is 9.72 Å². The number of alkyl carbamates (subject to hydrolysis) is 1. The number of carbonyl (C=O) groups excluding carboxylic acids is 2. The van der Waals surface area contributed by atoms with Gasteiger partial charge in [0, 0.05) is 31.2 Å². The summed E-state index contributed by atoms with van der Waals surface area (Å²) in [6.45, 7) is 11.6. The summed E-state index contributed by atoms with van der Waals surface area (Å²) < 4.78 is 22.5. The van der Waals surface area contributed by atoms with E-state index < -0.39 is 17.7 Å². The lowest BCUT2D eigenvalue weighted by molar-refractivity contribution is -0.135. The third kappa shape index (κ3) is 6.66. The zero-order chi connectivity index (χ0) is 32.6. The van der Waals surface area contributed by atoms with Crippen LogP contribution in [0.1, 0.15) is 96.5 Å². The molecule has 0 spiro atoms. The number of benzene rings is 2. The van der Waals surface area contributed by atoms with Crippen LogP contribution in [0.15, 0.2) is 48.5 Å². The molecule has 2 amide bonds. The molecule has 3 aromatic rings. The fourth-order valence-corrected chi connectivity index (χ4v) is 8.46. The smallest absolute Gasteiger partial charge is 0.408 e. The highest BCUT2D eigenvalue weighted by atomic mass is 19.1. The Labute approximate surface area is 272 Å². The minimum absolute atomic E-state index is 0.0800. The summed E-state index contributed by atoms with van der Waals surface area (Å²) in [6.07, 6.45) is 7.03. The second-order valence-corrected chi connectivity index (χ2v) is 14.7.